The molecule has 10 heteroatoms. The van der Waals surface area contributed by atoms with Gasteiger partial charge in [0.1, 0.15) is 0 Å². The molecule has 10 nitrogen and oxygen atoms in total. The second-order valence-electron chi connectivity index (χ2n) is 10.4. The third-order valence-corrected chi connectivity index (χ3v) is 8.13. The molecule has 0 aromatic heterocycles. The molecule has 198 valence electrons. The molecule has 0 bridgehead atoms. The first-order chi connectivity index (χ1) is 18.7. The van der Waals surface area contributed by atoms with Crippen LogP contribution < -0.4 is 20.0 Å². The maximum atomic E-state index is 14.6. The van der Waals surface area contributed by atoms with E-state index in [1.54, 1.807) is 12.1 Å². The first kappa shape index (κ1) is 24.6. The number of imide groups is 2. The van der Waals surface area contributed by atoms with E-state index in [2.05, 4.69) is 10.2 Å². The molecule has 2 fully saturated rings. The number of amides is 4. The molecule has 2 saturated heterocycles. The van der Waals surface area contributed by atoms with Gasteiger partial charge in [-0.25, -0.2) is 9.69 Å². The van der Waals surface area contributed by atoms with Crippen molar-refractivity contribution < 1.29 is 19.3 Å². The number of para-hydroxylation sites is 1. The maximum Gasteiger partial charge on any atom is 0.335 e. The standard InChI is InChI=1S/C29H27N5O5/c1-18-8-10-23(19(2)14-18)33-27(36)29(26(35)30-28(33)37)16-20-15-22(34(38)39)9-11-24(20)32-13-12-31(17-25(29)32)21-6-4-3-5-7-21/h3-11,14-15,25H,12-13,16-17H2,1-2H3,(H,30,35,37)/t25-,29-/m0/s1. The van der Waals surface area contributed by atoms with E-state index < -0.39 is 34.2 Å². The number of aryl methyl sites for hydroxylation is 2. The van der Waals surface area contributed by atoms with Crippen LogP contribution in [0, 0.1) is 29.4 Å². The summed E-state index contributed by atoms with van der Waals surface area (Å²) in [5.41, 5.74) is 2.57. The van der Waals surface area contributed by atoms with Gasteiger partial charge in [-0.3, -0.25) is 25.0 Å². The molecular weight excluding hydrogens is 498 g/mol. The third kappa shape index (κ3) is 3.74. The zero-order valence-corrected chi connectivity index (χ0v) is 21.6. The molecule has 0 unspecified atom stereocenters. The Hall–Kier alpha value is -4.73. The molecule has 3 aliphatic heterocycles. The average Bonchev–Trinajstić information content (AvgIpc) is 2.92. The van der Waals surface area contributed by atoms with Crippen LogP contribution in [-0.4, -0.2) is 48.4 Å². The van der Waals surface area contributed by atoms with Crippen LogP contribution in [0.25, 0.3) is 0 Å². The zero-order chi connectivity index (χ0) is 27.5. The van der Waals surface area contributed by atoms with Crippen molar-refractivity contribution in [3.05, 3.63) is 93.5 Å². The number of hydrogen-bond acceptors (Lipinski definition) is 7. The average molecular weight is 526 g/mol. The number of barbiturate groups is 1. The van der Waals surface area contributed by atoms with Gasteiger partial charge in [-0.15, -0.1) is 0 Å². The Bertz CT molecular complexity index is 1540. The number of anilines is 3. The number of nitrogens with one attached hydrogen (secondary N) is 1. The normalized spacial score (nSPS) is 22.5. The first-order valence-electron chi connectivity index (χ1n) is 12.8. The van der Waals surface area contributed by atoms with E-state index in [1.807, 2.05) is 61.2 Å². The fraction of sp³-hybridized carbons (Fsp3) is 0.276. The molecule has 3 aromatic carbocycles. The summed E-state index contributed by atoms with van der Waals surface area (Å²) in [6.07, 6.45) is -0.0623. The number of urea groups is 1. The number of carbonyl (C=O) groups is 3. The van der Waals surface area contributed by atoms with Crippen LogP contribution in [0.15, 0.2) is 66.7 Å². The maximum absolute atomic E-state index is 14.6. The smallest absolute Gasteiger partial charge is 0.335 e. The molecule has 0 aliphatic carbocycles. The Morgan fingerprint density at radius 1 is 0.949 bits per heavy atom. The molecule has 39 heavy (non-hydrogen) atoms. The van der Waals surface area contributed by atoms with Crippen molar-refractivity contribution in [3.63, 3.8) is 0 Å². The molecule has 3 aromatic rings. The molecular formula is C29H27N5O5. The van der Waals surface area contributed by atoms with E-state index in [-0.39, 0.29) is 12.1 Å². The molecule has 6 rings (SSSR count). The number of piperazine rings is 1. The van der Waals surface area contributed by atoms with Gasteiger partial charge in [0.05, 0.1) is 16.7 Å². The number of rotatable bonds is 3. The second kappa shape index (κ2) is 8.93. The minimum Gasteiger partial charge on any atom is -0.368 e. The van der Waals surface area contributed by atoms with E-state index in [9.17, 15) is 24.5 Å². The second-order valence-corrected chi connectivity index (χ2v) is 10.4. The van der Waals surface area contributed by atoms with E-state index in [0.29, 0.717) is 30.9 Å². The van der Waals surface area contributed by atoms with Gasteiger partial charge >= 0.3 is 6.03 Å². The van der Waals surface area contributed by atoms with Gasteiger partial charge in [0.2, 0.25) is 5.91 Å². The zero-order valence-electron chi connectivity index (χ0n) is 21.6. The summed E-state index contributed by atoms with van der Waals surface area (Å²) >= 11 is 0. The van der Waals surface area contributed by atoms with Gasteiger partial charge in [0, 0.05) is 49.6 Å². The van der Waals surface area contributed by atoms with Gasteiger partial charge in [-0.1, -0.05) is 35.9 Å². The number of nitrogens with zero attached hydrogens (tertiary/aromatic N) is 4. The number of benzene rings is 3. The van der Waals surface area contributed by atoms with Crippen molar-refractivity contribution in [3.8, 4) is 0 Å². The summed E-state index contributed by atoms with van der Waals surface area (Å²) < 4.78 is 0. The van der Waals surface area contributed by atoms with E-state index in [4.69, 9.17) is 0 Å². The van der Waals surface area contributed by atoms with Crippen LogP contribution in [0.1, 0.15) is 16.7 Å². The lowest BCUT2D eigenvalue weighted by Gasteiger charge is -2.55. The molecule has 0 radical (unpaired) electrons. The molecule has 1 N–H and O–H groups in total. The van der Waals surface area contributed by atoms with Crippen molar-refractivity contribution in [1.82, 2.24) is 5.32 Å². The van der Waals surface area contributed by atoms with Crippen LogP contribution in [0.2, 0.25) is 0 Å². The SMILES string of the molecule is Cc1ccc(N2C(=O)NC(=O)[C@@]3(Cc4cc([N+](=O)[O-])ccc4N4CCN(c5ccccc5)C[C@H]43)C2=O)c(C)c1. The van der Waals surface area contributed by atoms with Crippen molar-refractivity contribution in [2.24, 2.45) is 5.41 Å². The lowest BCUT2D eigenvalue weighted by Crippen LogP contribution is -2.75. The minimum atomic E-state index is -1.68. The Morgan fingerprint density at radius 3 is 2.41 bits per heavy atom. The van der Waals surface area contributed by atoms with Crippen molar-refractivity contribution in [1.29, 1.82) is 0 Å². The quantitative estimate of drug-likeness (QED) is 0.315. The van der Waals surface area contributed by atoms with Gasteiger partial charge in [-0.05, 0) is 49.2 Å². The lowest BCUT2D eigenvalue weighted by molar-refractivity contribution is -0.384. The van der Waals surface area contributed by atoms with Crippen LogP contribution in [0.3, 0.4) is 0 Å². The lowest BCUT2D eigenvalue weighted by atomic mass is 9.67. The van der Waals surface area contributed by atoms with E-state index in [1.165, 1.54) is 12.1 Å². The van der Waals surface area contributed by atoms with Gasteiger partial charge < -0.3 is 9.80 Å². The van der Waals surface area contributed by atoms with Crippen molar-refractivity contribution in [2.75, 3.05) is 34.3 Å². The fourth-order valence-corrected chi connectivity index (χ4v) is 6.27. The Morgan fingerprint density at radius 2 is 1.69 bits per heavy atom. The molecule has 1 spiro atoms. The highest BCUT2D eigenvalue weighted by molar-refractivity contribution is 6.31. The van der Waals surface area contributed by atoms with Crippen LogP contribution in [0.5, 0.6) is 0 Å². The summed E-state index contributed by atoms with van der Waals surface area (Å²) in [6, 6.07) is 18.3. The van der Waals surface area contributed by atoms with Gasteiger partial charge in [0.25, 0.3) is 11.6 Å². The fourth-order valence-electron chi connectivity index (χ4n) is 6.27. The summed E-state index contributed by atoms with van der Waals surface area (Å²) in [5.74, 6) is -1.30. The van der Waals surface area contributed by atoms with Crippen molar-refractivity contribution in [2.45, 2.75) is 26.3 Å². The van der Waals surface area contributed by atoms with Crippen LogP contribution >= 0.6 is 0 Å². The van der Waals surface area contributed by atoms with Crippen LogP contribution in [-0.2, 0) is 16.0 Å². The summed E-state index contributed by atoms with van der Waals surface area (Å²) in [6.45, 7) is 5.21. The highest BCUT2D eigenvalue weighted by Crippen LogP contribution is 2.47. The van der Waals surface area contributed by atoms with Crippen molar-refractivity contribution >= 4 is 40.6 Å². The number of hydrogen-bond donors (Lipinski definition) is 1. The monoisotopic (exact) mass is 525 g/mol. The highest BCUT2D eigenvalue weighted by Gasteiger charge is 2.63. The molecule has 3 heterocycles. The number of nitro groups is 1. The molecule has 2 atom stereocenters. The Labute approximate surface area is 225 Å². The van der Waals surface area contributed by atoms with Gasteiger partial charge in [-0.2, -0.15) is 0 Å². The van der Waals surface area contributed by atoms with Crippen LogP contribution in [0.4, 0.5) is 27.5 Å². The molecule has 0 saturated carbocycles. The van der Waals surface area contributed by atoms with E-state index >= 15 is 0 Å². The summed E-state index contributed by atoms with van der Waals surface area (Å²) in [7, 11) is 0. The minimum absolute atomic E-state index is 0.0623. The van der Waals surface area contributed by atoms with Gasteiger partial charge in [0.15, 0.2) is 5.41 Å². The third-order valence-electron chi connectivity index (χ3n) is 8.13. The number of nitro benzene ring substituents is 1. The highest BCUT2D eigenvalue weighted by atomic mass is 16.6. The summed E-state index contributed by atoms with van der Waals surface area (Å²) in [4.78, 5) is 57.9. The largest absolute Gasteiger partial charge is 0.368 e. The Balaban J connectivity index is 1.52. The number of non-ortho nitro benzene ring substituents is 1. The topological polar surface area (TPSA) is 116 Å². The number of fused-ring (bicyclic) bond motifs is 4. The molecule has 4 amide bonds. The Kier molecular flexibility index (Phi) is 5.64. The predicted octanol–water partition coefficient (Wildman–Crippen LogP) is 3.73. The predicted molar refractivity (Wildman–Crippen MR) is 146 cm³/mol. The summed E-state index contributed by atoms with van der Waals surface area (Å²) in [5, 5.41) is 14.1. The first-order valence-corrected chi connectivity index (χ1v) is 12.8. The molecule has 3 aliphatic rings. The number of carbonyl (C=O) groups excluding carboxylic acids is 3. The van der Waals surface area contributed by atoms with E-state index in [0.717, 1.165) is 27.4 Å².